The molecule has 4 N–H and O–H groups in total. The largest absolute Gasteiger partial charge is 0.508 e. The van der Waals surface area contributed by atoms with E-state index in [0.717, 1.165) is 0 Å². The average Bonchev–Trinajstić information content (AvgIpc) is 2.90. The van der Waals surface area contributed by atoms with Crippen LogP contribution < -0.4 is 20.1 Å². The third kappa shape index (κ3) is 6.10. The number of carbonyl (C=O) groups excluding carboxylic acids is 3. The first-order valence-corrected chi connectivity index (χ1v) is 13.3. The highest BCUT2D eigenvalue weighted by molar-refractivity contribution is 6.11. The van der Waals surface area contributed by atoms with Gasteiger partial charge in [0.15, 0.2) is 0 Å². The third-order valence-corrected chi connectivity index (χ3v) is 6.98. The van der Waals surface area contributed by atoms with E-state index >= 15 is 0 Å². The lowest BCUT2D eigenvalue weighted by Crippen LogP contribution is -2.56. The first kappa shape index (κ1) is 28.6. The Morgan fingerprint density at radius 2 is 1.43 bits per heavy atom. The number of phenols is 1. The summed E-state index contributed by atoms with van der Waals surface area (Å²) in [4.78, 5) is 41.2. The van der Waals surface area contributed by atoms with Gasteiger partial charge in [0.05, 0.1) is 36.1 Å². The summed E-state index contributed by atoms with van der Waals surface area (Å²) in [7, 11) is 0. The SMILES string of the molecule is CCOc1ccccc1NC(=O)C1C(=O)CC(C)(O)C(C(=O)Nc2ccccc2OCC)C1c1cccc(O)c1. The van der Waals surface area contributed by atoms with Crippen LogP contribution in [0.2, 0.25) is 0 Å². The maximum atomic E-state index is 13.9. The van der Waals surface area contributed by atoms with Gasteiger partial charge in [-0.2, -0.15) is 0 Å². The number of benzene rings is 3. The van der Waals surface area contributed by atoms with Gasteiger partial charge in [0.1, 0.15) is 28.9 Å². The molecular weight excluding hydrogens is 512 g/mol. The fourth-order valence-electron chi connectivity index (χ4n) is 5.35. The van der Waals surface area contributed by atoms with Crippen molar-refractivity contribution < 1.29 is 34.1 Å². The molecule has 4 unspecified atom stereocenters. The molecule has 0 heterocycles. The summed E-state index contributed by atoms with van der Waals surface area (Å²) in [5, 5.41) is 27.4. The number of nitrogens with one attached hydrogen (secondary N) is 2. The number of anilines is 2. The van der Waals surface area contributed by atoms with E-state index in [1.807, 2.05) is 13.8 Å². The van der Waals surface area contributed by atoms with Crippen LogP contribution >= 0.6 is 0 Å². The highest BCUT2D eigenvalue weighted by atomic mass is 16.5. The number of Topliss-reactive ketones (excluding diaryl/α,β-unsaturated/α-hetero) is 1. The molecule has 0 saturated heterocycles. The van der Waals surface area contributed by atoms with Crippen LogP contribution in [0.15, 0.2) is 72.8 Å². The van der Waals surface area contributed by atoms with Crippen LogP contribution in [0.1, 0.15) is 38.7 Å². The Labute approximate surface area is 233 Å². The standard InChI is InChI=1S/C31H34N2O7/c1-4-39-24-15-8-6-13-21(24)32-29(36)27-23(35)18-31(3,38)28(26(27)19-11-10-12-20(34)17-19)30(37)33-22-14-7-9-16-25(22)40-5-2/h6-17,26-28,34,38H,4-5,18H2,1-3H3,(H,32,36)(H,33,37). The maximum Gasteiger partial charge on any atom is 0.235 e. The summed E-state index contributed by atoms with van der Waals surface area (Å²) in [5.74, 6) is -4.65. The number of para-hydroxylation sites is 4. The van der Waals surface area contributed by atoms with Crippen molar-refractivity contribution in [3.8, 4) is 17.2 Å². The van der Waals surface area contributed by atoms with E-state index in [1.165, 1.54) is 19.1 Å². The van der Waals surface area contributed by atoms with E-state index in [0.29, 0.717) is 41.7 Å². The summed E-state index contributed by atoms with van der Waals surface area (Å²) in [6.07, 6.45) is -0.418. The summed E-state index contributed by atoms with van der Waals surface area (Å²) >= 11 is 0. The Bertz CT molecular complexity index is 1390. The molecule has 40 heavy (non-hydrogen) atoms. The predicted molar refractivity (Wildman–Crippen MR) is 151 cm³/mol. The van der Waals surface area contributed by atoms with E-state index in [9.17, 15) is 24.6 Å². The number of ketones is 1. The fourth-order valence-corrected chi connectivity index (χ4v) is 5.35. The van der Waals surface area contributed by atoms with E-state index in [4.69, 9.17) is 9.47 Å². The highest BCUT2D eigenvalue weighted by Gasteiger charge is 2.56. The number of hydrogen-bond donors (Lipinski definition) is 4. The number of ether oxygens (including phenoxy) is 2. The molecule has 1 aliphatic rings. The number of phenolic OH excluding ortho intramolecular Hbond substituents is 1. The molecule has 3 aromatic rings. The van der Waals surface area contributed by atoms with Crippen LogP contribution in [0.4, 0.5) is 11.4 Å². The van der Waals surface area contributed by atoms with E-state index in [1.54, 1.807) is 60.7 Å². The van der Waals surface area contributed by atoms with Crippen LogP contribution in [-0.4, -0.2) is 46.6 Å². The van der Waals surface area contributed by atoms with Crippen LogP contribution in [0, 0.1) is 11.8 Å². The Morgan fingerprint density at radius 1 is 0.875 bits per heavy atom. The van der Waals surface area contributed by atoms with Crippen molar-refractivity contribution >= 4 is 29.0 Å². The minimum absolute atomic E-state index is 0.100. The molecule has 2 amide bonds. The summed E-state index contributed by atoms with van der Waals surface area (Å²) < 4.78 is 11.3. The lowest BCUT2D eigenvalue weighted by molar-refractivity contribution is -0.150. The number of aromatic hydroxyl groups is 1. The van der Waals surface area contributed by atoms with Gasteiger partial charge in [-0.25, -0.2) is 0 Å². The summed E-state index contributed by atoms with van der Waals surface area (Å²) in [6, 6.07) is 19.8. The minimum Gasteiger partial charge on any atom is -0.508 e. The number of hydrogen-bond acceptors (Lipinski definition) is 7. The van der Waals surface area contributed by atoms with Crippen LogP contribution in [-0.2, 0) is 14.4 Å². The topological polar surface area (TPSA) is 134 Å². The zero-order chi connectivity index (χ0) is 28.9. The molecule has 0 bridgehead atoms. The van der Waals surface area contributed by atoms with Crippen molar-refractivity contribution in [1.29, 1.82) is 0 Å². The molecule has 210 valence electrons. The molecule has 0 aromatic heterocycles. The molecular formula is C31H34N2O7. The fraction of sp³-hybridized carbons (Fsp3) is 0.323. The van der Waals surface area contributed by atoms with Crippen LogP contribution in [0.3, 0.4) is 0 Å². The Hall–Kier alpha value is -4.37. The van der Waals surface area contributed by atoms with Gasteiger partial charge in [-0.05, 0) is 62.7 Å². The molecule has 0 radical (unpaired) electrons. The van der Waals surface area contributed by atoms with E-state index < -0.39 is 47.4 Å². The number of rotatable bonds is 9. The predicted octanol–water partition coefficient (Wildman–Crippen LogP) is 4.51. The number of carbonyl (C=O) groups is 3. The van der Waals surface area contributed by atoms with Gasteiger partial charge in [-0.1, -0.05) is 36.4 Å². The first-order valence-electron chi connectivity index (χ1n) is 13.3. The average molecular weight is 547 g/mol. The normalized spacial score (nSPS) is 22.3. The smallest absolute Gasteiger partial charge is 0.235 e. The second-order valence-corrected chi connectivity index (χ2v) is 9.91. The molecule has 0 aliphatic heterocycles. The van der Waals surface area contributed by atoms with Crippen molar-refractivity contribution in [2.75, 3.05) is 23.8 Å². The molecule has 4 rings (SSSR count). The zero-order valence-electron chi connectivity index (χ0n) is 22.7. The third-order valence-electron chi connectivity index (χ3n) is 6.98. The van der Waals surface area contributed by atoms with Crippen molar-refractivity contribution in [3.63, 3.8) is 0 Å². The molecule has 9 nitrogen and oxygen atoms in total. The quantitative estimate of drug-likeness (QED) is 0.290. The molecule has 1 aliphatic carbocycles. The van der Waals surface area contributed by atoms with Gasteiger partial charge in [-0.15, -0.1) is 0 Å². The van der Waals surface area contributed by atoms with Crippen LogP contribution in [0.25, 0.3) is 0 Å². The maximum absolute atomic E-state index is 13.9. The lowest BCUT2D eigenvalue weighted by atomic mass is 9.61. The molecule has 4 atom stereocenters. The van der Waals surface area contributed by atoms with Gasteiger partial charge in [0, 0.05) is 12.3 Å². The molecule has 3 aromatic carbocycles. The second-order valence-electron chi connectivity index (χ2n) is 9.91. The Morgan fingerprint density at radius 3 is 1.98 bits per heavy atom. The second kappa shape index (κ2) is 12.2. The minimum atomic E-state index is -1.79. The monoisotopic (exact) mass is 546 g/mol. The van der Waals surface area contributed by atoms with Crippen molar-refractivity contribution in [2.24, 2.45) is 11.8 Å². The molecule has 1 fully saturated rings. The number of aliphatic hydroxyl groups is 1. The lowest BCUT2D eigenvalue weighted by Gasteiger charge is -2.44. The molecule has 1 saturated carbocycles. The van der Waals surface area contributed by atoms with Gasteiger partial charge in [-0.3, -0.25) is 14.4 Å². The summed E-state index contributed by atoms with van der Waals surface area (Å²) in [6.45, 7) is 5.80. The first-order chi connectivity index (χ1) is 19.2. The van der Waals surface area contributed by atoms with Gasteiger partial charge < -0.3 is 30.3 Å². The Kier molecular flexibility index (Phi) is 8.74. The molecule has 9 heteroatoms. The number of amides is 2. The van der Waals surface area contributed by atoms with Crippen molar-refractivity contribution in [3.05, 3.63) is 78.4 Å². The summed E-state index contributed by atoms with van der Waals surface area (Å²) in [5.41, 5.74) is -0.661. The van der Waals surface area contributed by atoms with Crippen molar-refractivity contribution in [1.82, 2.24) is 0 Å². The Balaban J connectivity index is 1.77. The van der Waals surface area contributed by atoms with E-state index in [-0.39, 0.29) is 5.75 Å². The van der Waals surface area contributed by atoms with Gasteiger partial charge in [0.2, 0.25) is 11.8 Å². The van der Waals surface area contributed by atoms with Gasteiger partial charge in [0.25, 0.3) is 0 Å². The van der Waals surface area contributed by atoms with Gasteiger partial charge >= 0.3 is 0 Å². The van der Waals surface area contributed by atoms with Crippen molar-refractivity contribution in [2.45, 2.75) is 38.7 Å². The van der Waals surface area contributed by atoms with E-state index in [2.05, 4.69) is 10.6 Å². The molecule has 0 spiro atoms. The highest BCUT2D eigenvalue weighted by Crippen LogP contribution is 2.47. The zero-order valence-corrected chi connectivity index (χ0v) is 22.7. The van der Waals surface area contributed by atoms with Crippen LogP contribution in [0.5, 0.6) is 17.2 Å².